The van der Waals surface area contributed by atoms with Crippen LogP contribution in [-0.2, 0) is 6.54 Å². The van der Waals surface area contributed by atoms with Crippen molar-refractivity contribution in [1.29, 1.82) is 0 Å². The number of fused-ring (bicyclic) bond motifs is 1. The van der Waals surface area contributed by atoms with Gasteiger partial charge in [-0.15, -0.1) is 0 Å². The third-order valence-corrected chi connectivity index (χ3v) is 3.17. The fourth-order valence-corrected chi connectivity index (χ4v) is 2.06. The van der Waals surface area contributed by atoms with Crippen LogP contribution in [0.3, 0.4) is 0 Å². The molecule has 1 aliphatic rings. The van der Waals surface area contributed by atoms with Gasteiger partial charge >= 0.3 is 0 Å². The van der Waals surface area contributed by atoms with Gasteiger partial charge in [-0.2, -0.15) is 0 Å². The predicted octanol–water partition coefficient (Wildman–Crippen LogP) is 3.21. The highest BCUT2D eigenvalue weighted by Crippen LogP contribution is 2.31. The molecule has 0 saturated heterocycles. The first-order valence-corrected chi connectivity index (χ1v) is 5.73. The summed E-state index contributed by atoms with van der Waals surface area (Å²) >= 11 is 3.41. The minimum absolute atomic E-state index is 0.895. The quantitative estimate of drug-likeness (QED) is 0.749. The van der Waals surface area contributed by atoms with E-state index in [1.165, 1.54) is 18.2 Å². The van der Waals surface area contributed by atoms with Gasteiger partial charge in [0.2, 0.25) is 0 Å². The number of hydrogen-bond acceptors (Lipinski definition) is 1. The van der Waals surface area contributed by atoms with Gasteiger partial charge in [0.15, 0.2) is 0 Å². The second-order valence-electron chi connectivity index (χ2n) is 3.96. The van der Waals surface area contributed by atoms with Crippen molar-refractivity contribution in [2.24, 2.45) is 5.92 Å². The number of halogens is 1. The van der Waals surface area contributed by atoms with Crippen LogP contribution >= 0.6 is 15.9 Å². The third-order valence-electron chi connectivity index (χ3n) is 2.73. The Morgan fingerprint density at radius 2 is 2.21 bits per heavy atom. The molecular weight excluding hydrogens is 240 g/mol. The zero-order valence-electron chi connectivity index (χ0n) is 7.78. The summed E-state index contributed by atoms with van der Waals surface area (Å²) in [4.78, 5) is 4.50. The Morgan fingerprint density at radius 3 is 3.00 bits per heavy atom. The molecule has 3 rings (SSSR count). The molecule has 0 radical (unpaired) electrons. The van der Waals surface area contributed by atoms with Crippen LogP contribution in [0.2, 0.25) is 0 Å². The molecule has 2 aromatic rings. The van der Waals surface area contributed by atoms with Crippen LogP contribution in [0, 0.1) is 5.92 Å². The number of aromatic nitrogens is 2. The molecule has 1 aliphatic carbocycles. The molecule has 2 nitrogen and oxygen atoms in total. The van der Waals surface area contributed by atoms with Crippen molar-refractivity contribution in [3.05, 3.63) is 29.0 Å². The van der Waals surface area contributed by atoms with Gasteiger partial charge in [-0.3, -0.25) is 0 Å². The largest absolute Gasteiger partial charge is 0.332 e. The molecule has 72 valence electrons. The van der Waals surface area contributed by atoms with E-state index in [0.717, 1.165) is 22.7 Å². The van der Waals surface area contributed by atoms with Gasteiger partial charge < -0.3 is 4.57 Å². The molecule has 0 unspecified atom stereocenters. The lowest BCUT2D eigenvalue weighted by molar-refractivity contribution is 0.642. The molecule has 0 atom stereocenters. The monoisotopic (exact) mass is 250 g/mol. The molecule has 14 heavy (non-hydrogen) atoms. The maximum absolute atomic E-state index is 4.50. The summed E-state index contributed by atoms with van der Waals surface area (Å²) in [6.07, 6.45) is 4.91. The molecule has 0 bridgehead atoms. The summed E-state index contributed by atoms with van der Waals surface area (Å²) in [6.45, 7) is 1.13. The normalized spacial score (nSPS) is 16.4. The van der Waals surface area contributed by atoms with Crippen LogP contribution in [0.1, 0.15) is 12.8 Å². The van der Waals surface area contributed by atoms with Crippen molar-refractivity contribution in [1.82, 2.24) is 9.55 Å². The molecule has 3 heteroatoms. The number of rotatable bonds is 2. The van der Waals surface area contributed by atoms with E-state index in [1.807, 2.05) is 6.07 Å². The van der Waals surface area contributed by atoms with Crippen molar-refractivity contribution in [2.75, 3.05) is 0 Å². The van der Waals surface area contributed by atoms with Crippen molar-refractivity contribution in [2.45, 2.75) is 19.4 Å². The number of nitrogens with zero attached hydrogens (tertiary/aromatic N) is 2. The topological polar surface area (TPSA) is 17.8 Å². The molecule has 2 heterocycles. The van der Waals surface area contributed by atoms with Crippen LogP contribution in [0.15, 0.2) is 29.0 Å². The summed E-state index contributed by atoms with van der Waals surface area (Å²) in [6, 6.07) is 6.23. The van der Waals surface area contributed by atoms with Gasteiger partial charge in [-0.1, -0.05) is 0 Å². The van der Waals surface area contributed by atoms with Gasteiger partial charge in [-0.05, 0) is 52.9 Å². The highest BCUT2D eigenvalue weighted by Gasteiger charge is 2.22. The SMILES string of the molecule is Brc1ccc2ccn(CC3CC3)c2n1. The maximum Gasteiger partial charge on any atom is 0.141 e. The number of hydrogen-bond donors (Lipinski definition) is 0. The fourth-order valence-electron chi connectivity index (χ4n) is 1.76. The lowest BCUT2D eigenvalue weighted by atomic mass is 10.3. The predicted molar refractivity (Wildman–Crippen MR) is 60.2 cm³/mol. The first-order chi connectivity index (χ1) is 6.83. The van der Waals surface area contributed by atoms with E-state index < -0.39 is 0 Å². The molecule has 0 N–H and O–H groups in total. The zero-order chi connectivity index (χ0) is 9.54. The van der Waals surface area contributed by atoms with E-state index in [-0.39, 0.29) is 0 Å². The van der Waals surface area contributed by atoms with Crippen molar-refractivity contribution >= 4 is 27.0 Å². The summed E-state index contributed by atoms with van der Waals surface area (Å²) in [5.74, 6) is 0.895. The molecule has 0 amide bonds. The average molecular weight is 251 g/mol. The van der Waals surface area contributed by atoms with Gasteiger partial charge in [-0.25, -0.2) is 4.98 Å². The van der Waals surface area contributed by atoms with Gasteiger partial charge in [0.1, 0.15) is 10.3 Å². The minimum Gasteiger partial charge on any atom is -0.332 e. The van der Waals surface area contributed by atoms with Crippen LogP contribution in [-0.4, -0.2) is 9.55 Å². The van der Waals surface area contributed by atoms with E-state index >= 15 is 0 Å². The van der Waals surface area contributed by atoms with Gasteiger partial charge in [0.25, 0.3) is 0 Å². The molecule has 0 aromatic carbocycles. The van der Waals surface area contributed by atoms with Crippen LogP contribution in [0.4, 0.5) is 0 Å². The second-order valence-corrected chi connectivity index (χ2v) is 4.77. The Labute approximate surface area is 91.1 Å². The minimum atomic E-state index is 0.895. The molecule has 1 saturated carbocycles. The van der Waals surface area contributed by atoms with Gasteiger partial charge in [0, 0.05) is 18.1 Å². The Bertz CT molecular complexity index is 471. The number of pyridine rings is 1. The van der Waals surface area contributed by atoms with Crippen LogP contribution < -0.4 is 0 Å². The molecule has 0 spiro atoms. The Balaban J connectivity index is 2.08. The van der Waals surface area contributed by atoms with Crippen molar-refractivity contribution in [3.8, 4) is 0 Å². The summed E-state index contributed by atoms with van der Waals surface area (Å²) < 4.78 is 3.18. The molecular formula is C11H11BrN2. The van der Waals surface area contributed by atoms with Crippen molar-refractivity contribution < 1.29 is 0 Å². The first-order valence-electron chi connectivity index (χ1n) is 4.94. The van der Waals surface area contributed by atoms with E-state index in [0.29, 0.717) is 0 Å². The summed E-state index contributed by atoms with van der Waals surface area (Å²) in [5.41, 5.74) is 1.10. The standard InChI is InChI=1S/C11H11BrN2/c12-10-4-3-9-5-6-14(11(9)13-10)7-8-1-2-8/h3-6,8H,1-2,7H2. The van der Waals surface area contributed by atoms with Crippen LogP contribution in [0.5, 0.6) is 0 Å². The second kappa shape index (κ2) is 3.09. The Hall–Kier alpha value is -0.830. The van der Waals surface area contributed by atoms with E-state index in [9.17, 15) is 0 Å². The summed E-state index contributed by atoms with van der Waals surface area (Å²) in [7, 11) is 0. The fraction of sp³-hybridized carbons (Fsp3) is 0.364. The molecule has 0 aliphatic heterocycles. The molecule has 2 aromatic heterocycles. The maximum atomic E-state index is 4.50. The highest BCUT2D eigenvalue weighted by molar-refractivity contribution is 9.10. The van der Waals surface area contributed by atoms with E-state index in [1.54, 1.807) is 0 Å². The first kappa shape index (κ1) is 8.48. The third kappa shape index (κ3) is 1.46. The Kier molecular flexibility index (Phi) is 1.87. The van der Waals surface area contributed by atoms with Gasteiger partial charge in [0.05, 0.1) is 0 Å². The van der Waals surface area contributed by atoms with E-state index in [2.05, 4.69) is 43.8 Å². The highest BCUT2D eigenvalue weighted by atomic mass is 79.9. The van der Waals surface area contributed by atoms with Crippen molar-refractivity contribution in [3.63, 3.8) is 0 Å². The molecule has 1 fully saturated rings. The Morgan fingerprint density at radius 1 is 1.36 bits per heavy atom. The smallest absolute Gasteiger partial charge is 0.141 e. The van der Waals surface area contributed by atoms with Crippen LogP contribution in [0.25, 0.3) is 11.0 Å². The lowest BCUT2D eigenvalue weighted by Gasteiger charge is -2.02. The van der Waals surface area contributed by atoms with E-state index in [4.69, 9.17) is 0 Å². The zero-order valence-corrected chi connectivity index (χ0v) is 9.37. The average Bonchev–Trinajstić information content (AvgIpc) is 2.90. The summed E-state index contributed by atoms with van der Waals surface area (Å²) in [5, 5.41) is 1.23. The lowest BCUT2D eigenvalue weighted by Crippen LogP contribution is -1.98.